The lowest BCUT2D eigenvalue weighted by atomic mass is 10.2. The van der Waals surface area contributed by atoms with Crippen LogP contribution in [0, 0.1) is 13.8 Å². The van der Waals surface area contributed by atoms with Gasteiger partial charge in [0.2, 0.25) is 0 Å². The van der Waals surface area contributed by atoms with Gasteiger partial charge in [0.15, 0.2) is 0 Å². The van der Waals surface area contributed by atoms with Gasteiger partial charge >= 0.3 is 0 Å². The number of hydrogen-bond donors (Lipinski definition) is 1. The molecule has 2 heterocycles. The minimum Gasteiger partial charge on any atom is -0.309 e. The van der Waals surface area contributed by atoms with E-state index in [0.29, 0.717) is 10.5 Å². The molecular weight excluding hydrogens is 240 g/mol. The Bertz CT molecular complexity index is 444. The van der Waals surface area contributed by atoms with E-state index >= 15 is 0 Å². The number of aromatic amines is 1. The third-order valence-electron chi connectivity index (χ3n) is 2.87. The van der Waals surface area contributed by atoms with Gasteiger partial charge in [0.05, 0.1) is 5.25 Å². The molecular formula is C11H16N2OS2. The first kappa shape index (κ1) is 12.0. The highest BCUT2D eigenvalue weighted by Crippen LogP contribution is 2.40. The summed E-state index contributed by atoms with van der Waals surface area (Å²) in [6, 6.07) is 0. The van der Waals surface area contributed by atoms with Crippen LogP contribution in [0.3, 0.4) is 0 Å². The highest BCUT2D eigenvalue weighted by Gasteiger charge is 2.26. The Morgan fingerprint density at radius 3 is 2.62 bits per heavy atom. The number of aryl methyl sites for hydroxylation is 1. The van der Waals surface area contributed by atoms with Gasteiger partial charge in [0.1, 0.15) is 5.82 Å². The molecule has 1 aliphatic rings. The zero-order valence-electron chi connectivity index (χ0n) is 9.74. The summed E-state index contributed by atoms with van der Waals surface area (Å²) in [6.45, 7) is 5.92. The van der Waals surface area contributed by atoms with Crippen LogP contribution in [-0.4, -0.2) is 26.7 Å². The van der Waals surface area contributed by atoms with Crippen LogP contribution in [0.5, 0.6) is 0 Å². The van der Waals surface area contributed by atoms with Crippen molar-refractivity contribution in [3.05, 3.63) is 27.4 Å². The predicted molar refractivity (Wildman–Crippen MR) is 71.5 cm³/mol. The molecule has 3 nitrogen and oxygen atoms in total. The fraction of sp³-hybridized carbons (Fsp3) is 0.636. The van der Waals surface area contributed by atoms with Crippen molar-refractivity contribution in [1.82, 2.24) is 9.97 Å². The van der Waals surface area contributed by atoms with Crippen LogP contribution in [0.25, 0.3) is 0 Å². The molecule has 1 saturated heterocycles. The van der Waals surface area contributed by atoms with Gasteiger partial charge in [-0.05, 0) is 13.8 Å². The average Bonchev–Trinajstić information content (AvgIpc) is 2.26. The molecule has 1 N–H and O–H groups in total. The van der Waals surface area contributed by atoms with Crippen LogP contribution < -0.4 is 5.56 Å². The van der Waals surface area contributed by atoms with E-state index in [2.05, 4.69) is 16.9 Å². The summed E-state index contributed by atoms with van der Waals surface area (Å²) in [6.07, 6.45) is 0. The number of nitrogens with one attached hydrogen (secondary N) is 1. The lowest BCUT2D eigenvalue weighted by Crippen LogP contribution is -2.23. The van der Waals surface area contributed by atoms with Crippen LogP contribution in [0.15, 0.2) is 4.79 Å². The van der Waals surface area contributed by atoms with Crippen molar-refractivity contribution in [1.29, 1.82) is 0 Å². The lowest BCUT2D eigenvalue weighted by molar-refractivity contribution is 0.799. The van der Waals surface area contributed by atoms with Crippen LogP contribution in [-0.2, 0) is 0 Å². The maximum absolute atomic E-state index is 11.7. The summed E-state index contributed by atoms with van der Waals surface area (Å²) in [5, 5.41) is 0.842. The maximum atomic E-state index is 11.7. The number of H-pyrrole nitrogens is 1. The number of rotatable bonds is 1. The molecule has 16 heavy (non-hydrogen) atoms. The van der Waals surface area contributed by atoms with Gasteiger partial charge in [-0.15, -0.1) is 11.8 Å². The van der Waals surface area contributed by atoms with Gasteiger partial charge in [0, 0.05) is 28.0 Å². The van der Waals surface area contributed by atoms with Gasteiger partial charge in [0.25, 0.3) is 5.56 Å². The summed E-state index contributed by atoms with van der Waals surface area (Å²) in [5.74, 6) is 3.17. The number of thioether (sulfide) groups is 2. The van der Waals surface area contributed by atoms with Crippen LogP contribution in [0.4, 0.5) is 0 Å². The highest BCUT2D eigenvalue weighted by molar-refractivity contribution is 8.06. The molecule has 88 valence electrons. The minimum absolute atomic E-state index is 0.00544. The number of aromatic nitrogens is 2. The third kappa shape index (κ3) is 2.30. The lowest BCUT2D eigenvalue weighted by Gasteiger charge is -2.27. The molecule has 0 spiro atoms. The molecule has 1 aromatic heterocycles. The third-order valence-corrected chi connectivity index (χ3v) is 5.97. The van der Waals surface area contributed by atoms with E-state index in [1.165, 1.54) is 5.75 Å². The molecule has 1 aliphatic heterocycles. The Kier molecular flexibility index (Phi) is 3.64. The minimum atomic E-state index is 0.00544. The topological polar surface area (TPSA) is 45.8 Å². The van der Waals surface area contributed by atoms with Crippen molar-refractivity contribution in [2.45, 2.75) is 31.3 Å². The van der Waals surface area contributed by atoms with Crippen molar-refractivity contribution in [2.24, 2.45) is 0 Å². The van der Waals surface area contributed by atoms with Crippen molar-refractivity contribution in [2.75, 3.05) is 11.5 Å². The fourth-order valence-corrected chi connectivity index (χ4v) is 4.45. The summed E-state index contributed by atoms with van der Waals surface area (Å²) in [4.78, 5) is 19.1. The van der Waals surface area contributed by atoms with Crippen molar-refractivity contribution < 1.29 is 0 Å². The molecule has 2 unspecified atom stereocenters. The molecule has 0 aliphatic carbocycles. The molecule has 1 fully saturated rings. The summed E-state index contributed by atoms with van der Waals surface area (Å²) in [7, 11) is 0. The van der Waals surface area contributed by atoms with Gasteiger partial charge < -0.3 is 4.98 Å². The number of nitrogens with zero attached hydrogens (tertiary/aromatic N) is 1. The first-order valence-corrected chi connectivity index (χ1v) is 7.50. The standard InChI is InChI=1S/C11H16N2OS2/c1-6-7(2)12-10(13-11(6)14)9-8(3)15-4-5-16-9/h8-9H,4-5H2,1-3H3,(H,12,13,14). The van der Waals surface area contributed by atoms with E-state index in [9.17, 15) is 4.79 Å². The molecule has 2 rings (SSSR count). The zero-order chi connectivity index (χ0) is 11.7. The summed E-state index contributed by atoms with van der Waals surface area (Å²) in [5.41, 5.74) is 1.58. The van der Waals surface area contributed by atoms with Gasteiger partial charge in [-0.2, -0.15) is 11.8 Å². The Morgan fingerprint density at radius 2 is 2.00 bits per heavy atom. The van der Waals surface area contributed by atoms with E-state index < -0.39 is 0 Å². The summed E-state index contributed by atoms with van der Waals surface area (Å²) >= 11 is 3.85. The van der Waals surface area contributed by atoms with E-state index in [0.717, 1.165) is 22.8 Å². The predicted octanol–water partition coefficient (Wildman–Crippen LogP) is 2.30. The van der Waals surface area contributed by atoms with E-state index in [1.807, 2.05) is 37.4 Å². The van der Waals surface area contributed by atoms with Crippen molar-refractivity contribution >= 4 is 23.5 Å². The van der Waals surface area contributed by atoms with E-state index in [-0.39, 0.29) is 5.56 Å². The Morgan fingerprint density at radius 1 is 1.31 bits per heavy atom. The summed E-state index contributed by atoms with van der Waals surface area (Å²) < 4.78 is 0. The van der Waals surface area contributed by atoms with Crippen LogP contribution >= 0.6 is 23.5 Å². The first-order valence-electron chi connectivity index (χ1n) is 5.40. The second-order valence-corrected chi connectivity index (χ2v) is 6.76. The Balaban J connectivity index is 2.36. The van der Waals surface area contributed by atoms with Gasteiger partial charge in [-0.1, -0.05) is 6.92 Å². The van der Waals surface area contributed by atoms with Crippen LogP contribution in [0.1, 0.15) is 29.3 Å². The second kappa shape index (κ2) is 4.84. The zero-order valence-corrected chi connectivity index (χ0v) is 11.4. The fourth-order valence-electron chi connectivity index (χ4n) is 1.73. The molecule has 1 aromatic rings. The largest absolute Gasteiger partial charge is 0.309 e. The number of hydrogen-bond acceptors (Lipinski definition) is 4. The quantitative estimate of drug-likeness (QED) is 0.837. The highest BCUT2D eigenvalue weighted by atomic mass is 32.2. The Labute approximate surface area is 104 Å². The first-order chi connectivity index (χ1) is 7.59. The second-order valence-electron chi connectivity index (χ2n) is 4.03. The monoisotopic (exact) mass is 256 g/mol. The van der Waals surface area contributed by atoms with Gasteiger partial charge in [-0.25, -0.2) is 4.98 Å². The Hall–Kier alpha value is -0.420. The van der Waals surface area contributed by atoms with Crippen molar-refractivity contribution in [3.63, 3.8) is 0 Å². The molecule has 2 atom stereocenters. The molecule has 0 saturated carbocycles. The maximum Gasteiger partial charge on any atom is 0.254 e. The molecule has 0 radical (unpaired) electrons. The van der Waals surface area contributed by atoms with E-state index in [4.69, 9.17) is 0 Å². The molecule has 5 heteroatoms. The molecule has 0 bridgehead atoms. The van der Waals surface area contributed by atoms with Crippen LogP contribution in [0.2, 0.25) is 0 Å². The van der Waals surface area contributed by atoms with E-state index in [1.54, 1.807) is 0 Å². The average molecular weight is 256 g/mol. The van der Waals surface area contributed by atoms with Gasteiger partial charge in [-0.3, -0.25) is 4.79 Å². The SMILES string of the molecule is Cc1nc(C2SCCSC2C)[nH]c(=O)c1C. The van der Waals surface area contributed by atoms with Crippen molar-refractivity contribution in [3.8, 4) is 0 Å². The molecule has 0 aromatic carbocycles. The smallest absolute Gasteiger partial charge is 0.254 e. The molecule has 0 amide bonds. The normalized spacial score (nSPS) is 25.7.